The molecule has 33 heavy (non-hydrogen) atoms. The average Bonchev–Trinajstić information content (AvgIpc) is 3.54. The van der Waals surface area contributed by atoms with Crippen LogP contribution in [0.5, 0.6) is 5.75 Å². The molecular weight excluding hydrogens is 438 g/mol. The minimum atomic E-state index is -0.201. The van der Waals surface area contributed by atoms with Crippen molar-refractivity contribution in [2.75, 3.05) is 12.4 Å². The van der Waals surface area contributed by atoms with Crippen molar-refractivity contribution in [1.29, 1.82) is 0 Å². The second-order valence-corrected chi connectivity index (χ2v) is 8.00. The number of carbonyl (C=O) groups excluding carboxylic acids is 2. The highest BCUT2D eigenvalue weighted by Crippen LogP contribution is 2.23. The molecule has 0 fully saturated rings. The van der Waals surface area contributed by atoms with E-state index in [1.54, 1.807) is 61.0 Å². The molecule has 4 aromatic rings. The van der Waals surface area contributed by atoms with Gasteiger partial charge in [-0.3, -0.25) is 14.2 Å². The molecule has 0 unspecified atom stereocenters. The Morgan fingerprint density at radius 1 is 1.09 bits per heavy atom. The fourth-order valence-electron chi connectivity index (χ4n) is 3.19. The van der Waals surface area contributed by atoms with Crippen LogP contribution in [0.1, 0.15) is 33.4 Å². The molecule has 2 heterocycles. The highest BCUT2D eigenvalue weighted by molar-refractivity contribution is 7.99. The van der Waals surface area contributed by atoms with Crippen molar-refractivity contribution in [2.24, 2.45) is 0 Å². The van der Waals surface area contributed by atoms with Gasteiger partial charge in [0.05, 0.1) is 25.2 Å². The monoisotopic (exact) mass is 461 g/mol. The number of nitrogens with zero attached hydrogens (tertiary/aromatic N) is 2. The maximum absolute atomic E-state index is 12.6. The van der Waals surface area contributed by atoms with Gasteiger partial charge in [0.1, 0.15) is 11.5 Å². The molecule has 0 saturated heterocycles. The van der Waals surface area contributed by atoms with Gasteiger partial charge in [0.2, 0.25) is 0 Å². The number of aromatic nitrogens is 2. The molecule has 1 N–H and O–H groups in total. The Labute approximate surface area is 195 Å². The zero-order valence-corrected chi connectivity index (χ0v) is 18.9. The number of imidazole rings is 1. The summed E-state index contributed by atoms with van der Waals surface area (Å²) in [6, 6.07) is 18.0. The summed E-state index contributed by atoms with van der Waals surface area (Å²) in [6.45, 7) is 2.81. The zero-order chi connectivity index (χ0) is 23.0. The van der Waals surface area contributed by atoms with E-state index in [4.69, 9.17) is 9.15 Å². The molecule has 4 rings (SSSR count). The molecule has 2 aromatic carbocycles. The van der Waals surface area contributed by atoms with E-state index in [1.807, 2.05) is 29.8 Å². The first kappa shape index (κ1) is 22.4. The van der Waals surface area contributed by atoms with E-state index in [0.717, 1.165) is 11.4 Å². The molecule has 0 aliphatic carbocycles. The van der Waals surface area contributed by atoms with Crippen LogP contribution in [-0.2, 0) is 6.54 Å². The SMILES string of the molecule is CCOc1ccc(C(=O)CSc2nccn2-c2cccc(C(=O)NCc3ccco3)c2)cc1. The minimum absolute atomic E-state index is 0.00338. The molecule has 0 bridgehead atoms. The van der Waals surface area contributed by atoms with Crippen LogP contribution in [0.25, 0.3) is 5.69 Å². The van der Waals surface area contributed by atoms with Crippen molar-refractivity contribution in [2.45, 2.75) is 18.6 Å². The molecule has 0 atom stereocenters. The van der Waals surface area contributed by atoms with Gasteiger partial charge in [-0.05, 0) is 61.5 Å². The minimum Gasteiger partial charge on any atom is -0.494 e. The average molecular weight is 462 g/mol. The largest absolute Gasteiger partial charge is 0.494 e. The first-order chi connectivity index (χ1) is 16.1. The normalized spacial score (nSPS) is 10.7. The molecule has 168 valence electrons. The summed E-state index contributed by atoms with van der Waals surface area (Å²) in [5, 5.41) is 3.51. The number of benzene rings is 2. The van der Waals surface area contributed by atoms with Gasteiger partial charge in [0, 0.05) is 29.2 Å². The topological polar surface area (TPSA) is 86.4 Å². The lowest BCUT2D eigenvalue weighted by atomic mass is 10.1. The number of amides is 1. The number of hydrogen-bond donors (Lipinski definition) is 1. The summed E-state index contributed by atoms with van der Waals surface area (Å²) < 4.78 is 12.5. The van der Waals surface area contributed by atoms with Crippen molar-refractivity contribution in [1.82, 2.24) is 14.9 Å². The number of ether oxygens (including phenoxy) is 1. The molecular formula is C25H23N3O4S. The maximum Gasteiger partial charge on any atom is 0.251 e. The maximum atomic E-state index is 12.6. The van der Waals surface area contributed by atoms with Crippen LogP contribution in [0.15, 0.2) is 88.9 Å². The number of thioether (sulfide) groups is 1. The van der Waals surface area contributed by atoms with Gasteiger partial charge in [-0.15, -0.1) is 0 Å². The van der Waals surface area contributed by atoms with Crippen molar-refractivity contribution < 1.29 is 18.7 Å². The van der Waals surface area contributed by atoms with E-state index in [9.17, 15) is 9.59 Å². The van der Waals surface area contributed by atoms with Gasteiger partial charge < -0.3 is 14.5 Å². The lowest BCUT2D eigenvalue weighted by Crippen LogP contribution is -2.22. The lowest BCUT2D eigenvalue weighted by molar-refractivity contribution is 0.0947. The van der Waals surface area contributed by atoms with Crippen LogP contribution in [0.4, 0.5) is 0 Å². The number of Topliss-reactive ketones (excluding diaryl/α,β-unsaturated/α-hetero) is 1. The molecule has 0 aliphatic rings. The predicted molar refractivity (Wildman–Crippen MR) is 126 cm³/mol. The van der Waals surface area contributed by atoms with Gasteiger partial charge in [0.15, 0.2) is 10.9 Å². The van der Waals surface area contributed by atoms with Crippen molar-refractivity contribution in [3.05, 3.63) is 96.2 Å². The Bertz CT molecular complexity index is 1220. The van der Waals surface area contributed by atoms with Gasteiger partial charge in [0.25, 0.3) is 5.91 Å². The summed E-state index contributed by atoms with van der Waals surface area (Å²) in [4.78, 5) is 29.5. The number of furan rings is 1. The van der Waals surface area contributed by atoms with Crippen LogP contribution in [0.2, 0.25) is 0 Å². The van der Waals surface area contributed by atoms with Crippen molar-refractivity contribution in [3.8, 4) is 11.4 Å². The highest BCUT2D eigenvalue weighted by Gasteiger charge is 2.13. The Hall–Kier alpha value is -3.78. The Balaban J connectivity index is 1.41. The molecule has 0 aliphatic heterocycles. The zero-order valence-electron chi connectivity index (χ0n) is 18.1. The molecule has 8 heteroatoms. The third kappa shape index (κ3) is 5.72. The van der Waals surface area contributed by atoms with E-state index < -0.39 is 0 Å². The first-order valence-electron chi connectivity index (χ1n) is 10.5. The Kier molecular flexibility index (Phi) is 7.26. The molecule has 1 amide bonds. The number of nitrogens with one attached hydrogen (secondary N) is 1. The molecule has 0 spiro atoms. The van der Waals surface area contributed by atoms with Crippen LogP contribution >= 0.6 is 11.8 Å². The summed E-state index contributed by atoms with van der Waals surface area (Å²) in [5.41, 5.74) is 1.93. The van der Waals surface area contributed by atoms with E-state index >= 15 is 0 Å². The van der Waals surface area contributed by atoms with Gasteiger partial charge in [-0.1, -0.05) is 17.8 Å². The Morgan fingerprint density at radius 2 is 1.94 bits per heavy atom. The van der Waals surface area contributed by atoms with Gasteiger partial charge >= 0.3 is 0 Å². The van der Waals surface area contributed by atoms with Crippen LogP contribution < -0.4 is 10.1 Å². The number of hydrogen-bond acceptors (Lipinski definition) is 6. The van der Waals surface area contributed by atoms with E-state index in [2.05, 4.69) is 10.3 Å². The second kappa shape index (κ2) is 10.7. The molecule has 2 aromatic heterocycles. The quantitative estimate of drug-likeness (QED) is 0.270. The smallest absolute Gasteiger partial charge is 0.251 e. The fraction of sp³-hybridized carbons (Fsp3) is 0.160. The fourth-order valence-corrected chi connectivity index (χ4v) is 4.06. The summed E-state index contributed by atoms with van der Waals surface area (Å²) in [5.74, 6) is 1.47. The van der Waals surface area contributed by atoms with Crippen molar-refractivity contribution in [3.63, 3.8) is 0 Å². The van der Waals surface area contributed by atoms with Gasteiger partial charge in [-0.25, -0.2) is 4.98 Å². The molecule has 0 radical (unpaired) electrons. The summed E-state index contributed by atoms with van der Waals surface area (Å²) in [6.07, 6.45) is 5.05. The summed E-state index contributed by atoms with van der Waals surface area (Å²) in [7, 11) is 0. The van der Waals surface area contributed by atoms with E-state index in [0.29, 0.717) is 35.2 Å². The third-order valence-corrected chi connectivity index (χ3v) is 5.78. The predicted octanol–water partition coefficient (Wildman–Crippen LogP) is 4.77. The van der Waals surface area contributed by atoms with E-state index in [1.165, 1.54) is 11.8 Å². The number of carbonyl (C=O) groups is 2. The third-order valence-electron chi connectivity index (χ3n) is 4.82. The van der Waals surface area contributed by atoms with Crippen LogP contribution in [-0.4, -0.2) is 33.6 Å². The Morgan fingerprint density at radius 3 is 2.70 bits per heavy atom. The van der Waals surface area contributed by atoms with Crippen molar-refractivity contribution >= 4 is 23.5 Å². The van der Waals surface area contributed by atoms with Gasteiger partial charge in [-0.2, -0.15) is 0 Å². The van der Waals surface area contributed by atoms with E-state index in [-0.39, 0.29) is 17.4 Å². The molecule has 7 nitrogen and oxygen atoms in total. The number of rotatable bonds is 10. The first-order valence-corrected chi connectivity index (χ1v) is 11.5. The van der Waals surface area contributed by atoms with Crippen LogP contribution in [0, 0.1) is 0 Å². The lowest BCUT2D eigenvalue weighted by Gasteiger charge is -2.10. The standard InChI is InChI=1S/C25H23N3O4S/c1-2-31-21-10-8-18(9-11-21)23(29)17-33-25-26-12-13-28(25)20-6-3-5-19(15-20)24(30)27-16-22-7-4-14-32-22/h3-15H,2,16-17H2,1H3,(H,27,30). The summed E-state index contributed by atoms with van der Waals surface area (Å²) >= 11 is 1.35. The number of ketones is 1. The molecule has 0 saturated carbocycles. The second-order valence-electron chi connectivity index (χ2n) is 7.06. The highest BCUT2D eigenvalue weighted by atomic mass is 32.2. The van der Waals surface area contributed by atoms with Crippen LogP contribution in [0.3, 0.4) is 0 Å².